The van der Waals surface area contributed by atoms with Crippen LogP contribution in [0.3, 0.4) is 0 Å². The molecule has 94 valence electrons. The summed E-state index contributed by atoms with van der Waals surface area (Å²) < 4.78 is 2.76. The van der Waals surface area contributed by atoms with Gasteiger partial charge >= 0.3 is 0 Å². The number of carbonyl (C=O) groups is 1. The van der Waals surface area contributed by atoms with Crippen molar-refractivity contribution in [3.05, 3.63) is 25.6 Å². The summed E-state index contributed by atoms with van der Waals surface area (Å²) in [5.41, 5.74) is 0.868. The second kappa shape index (κ2) is 6.75. The summed E-state index contributed by atoms with van der Waals surface area (Å²) in [5.74, 6) is -0.0192. The van der Waals surface area contributed by atoms with Gasteiger partial charge in [-0.25, -0.2) is 0 Å². The Morgan fingerprint density at radius 3 is 2.29 bits per heavy atom. The zero-order chi connectivity index (χ0) is 13.0. The molecule has 1 rings (SSSR count). The van der Waals surface area contributed by atoms with Gasteiger partial charge in [0, 0.05) is 20.0 Å². The molecule has 0 spiro atoms. The summed E-state index contributed by atoms with van der Waals surface area (Å²) in [6.07, 6.45) is 0. The largest absolute Gasteiger partial charge is 0.372 e. The number of carbonyl (C=O) groups excluding carboxylic acids is 1. The van der Waals surface area contributed by atoms with Crippen molar-refractivity contribution < 1.29 is 4.79 Å². The predicted octanol–water partition coefficient (Wildman–Crippen LogP) is 3.91. The van der Waals surface area contributed by atoms with Crippen LogP contribution in [0.4, 0.5) is 5.69 Å². The molecule has 1 amide bonds. The maximum Gasteiger partial charge on any atom is 0.242 e. The van der Waals surface area contributed by atoms with E-state index in [0.29, 0.717) is 6.54 Å². The highest BCUT2D eigenvalue weighted by atomic mass is 79.9. The Morgan fingerprint density at radius 1 is 1.29 bits per heavy atom. The molecule has 1 aromatic rings. The Morgan fingerprint density at radius 2 is 1.82 bits per heavy atom. The van der Waals surface area contributed by atoms with Crippen LogP contribution >= 0.6 is 47.8 Å². The lowest BCUT2D eigenvalue weighted by Crippen LogP contribution is -2.37. The first-order valence-electron chi connectivity index (χ1n) is 5.14. The third kappa shape index (κ3) is 4.26. The monoisotopic (exact) mass is 426 g/mol. The molecule has 2 N–H and O–H groups in total. The average Bonchev–Trinajstić information content (AvgIpc) is 2.23. The minimum Gasteiger partial charge on any atom is -0.372 e. The maximum atomic E-state index is 11.6. The first-order valence-corrected chi connectivity index (χ1v) is 7.52. The van der Waals surface area contributed by atoms with Crippen molar-refractivity contribution in [1.29, 1.82) is 0 Å². The van der Waals surface area contributed by atoms with Gasteiger partial charge < -0.3 is 10.6 Å². The van der Waals surface area contributed by atoms with E-state index in [-0.39, 0.29) is 11.9 Å². The molecular formula is C11H13Br3N2O. The minimum absolute atomic E-state index is 0.0192. The predicted molar refractivity (Wildman–Crippen MR) is 81.3 cm³/mol. The van der Waals surface area contributed by atoms with Gasteiger partial charge in [-0.2, -0.15) is 0 Å². The van der Waals surface area contributed by atoms with E-state index < -0.39 is 0 Å². The lowest BCUT2D eigenvalue weighted by molar-refractivity contribution is -0.121. The second-order valence-electron chi connectivity index (χ2n) is 3.51. The van der Waals surface area contributed by atoms with E-state index in [1.807, 2.05) is 26.0 Å². The highest BCUT2D eigenvalue weighted by Gasteiger charge is 2.15. The molecule has 0 heterocycles. The zero-order valence-electron chi connectivity index (χ0n) is 9.48. The first kappa shape index (κ1) is 15.0. The molecule has 3 nitrogen and oxygen atoms in total. The number of halogens is 3. The van der Waals surface area contributed by atoms with Gasteiger partial charge in [-0.3, -0.25) is 4.79 Å². The molecule has 0 aromatic heterocycles. The lowest BCUT2D eigenvalue weighted by atomic mass is 10.2. The SMILES string of the molecule is CCNC(=O)C(C)Nc1c(Br)cc(Br)cc1Br. The Bertz CT molecular complexity index is 400. The van der Waals surface area contributed by atoms with Gasteiger partial charge in [-0.1, -0.05) is 15.9 Å². The van der Waals surface area contributed by atoms with Crippen molar-refractivity contribution in [2.24, 2.45) is 0 Å². The Labute approximate surface area is 126 Å². The number of anilines is 1. The van der Waals surface area contributed by atoms with E-state index in [1.165, 1.54) is 0 Å². The third-order valence-corrected chi connectivity index (χ3v) is 3.82. The minimum atomic E-state index is -0.288. The summed E-state index contributed by atoms with van der Waals surface area (Å²) >= 11 is 10.3. The number of benzene rings is 1. The molecule has 0 radical (unpaired) electrons. The number of amides is 1. The summed E-state index contributed by atoms with van der Waals surface area (Å²) in [4.78, 5) is 11.6. The summed E-state index contributed by atoms with van der Waals surface area (Å²) in [6.45, 7) is 4.36. The van der Waals surface area contributed by atoms with Crippen LogP contribution in [-0.2, 0) is 4.79 Å². The van der Waals surface area contributed by atoms with Crippen LogP contribution in [0.15, 0.2) is 25.6 Å². The van der Waals surface area contributed by atoms with Gasteiger partial charge in [0.25, 0.3) is 0 Å². The molecule has 0 aliphatic heterocycles. The van der Waals surface area contributed by atoms with E-state index in [0.717, 1.165) is 19.1 Å². The van der Waals surface area contributed by atoms with Crippen molar-refractivity contribution in [3.63, 3.8) is 0 Å². The molecule has 0 bridgehead atoms. The van der Waals surface area contributed by atoms with E-state index in [2.05, 4.69) is 58.4 Å². The molecule has 0 saturated carbocycles. The molecule has 0 aliphatic rings. The topological polar surface area (TPSA) is 41.1 Å². The van der Waals surface area contributed by atoms with Crippen molar-refractivity contribution in [1.82, 2.24) is 5.32 Å². The van der Waals surface area contributed by atoms with Crippen molar-refractivity contribution >= 4 is 59.4 Å². The smallest absolute Gasteiger partial charge is 0.242 e. The fraction of sp³-hybridized carbons (Fsp3) is 0.364. The highest BCUT2D eigenvalue weighted by molar-refractivity contribution is 9.11. The van der Waals surface area contributed by atoms with Gasteiger partial charge in [0.1, 0.15) is 6.04 Å². The first-order chi connectivity index (χ1) is 7.95. The highest BCUT2D eigenvalue weighted by Crippen LogP contribution is 2.34. The van der Waals surface area contributed by atoms with Gasteiger partial charge in [0.15, 0.2) is 0 Å². The molecular weight excluding hydrogens is 416 g/mol. The number of nitrogens with one attached hydrogen (secondary N) is 2. The zero-order valence-corrected chi connectivity index (χ0v) is 14.2. The third-order valence-electron chi connectivity index (χ3n) is 2.11. The summed E-state index contributed by atoms with van der Waals surface area (Å²) in [7, 11) is 0. The Hall–Kier alpha value is -0.0700. The van der Waals surface area contributed by atoms with Crippen molar-refractivity contribution in [2.45, 2.75) is 19.9 Å². The molecule has 1 unspecified atom stereocenters. The van der Waals surface area contributed by atoms with Crippen LogP contribution in [0.1, 0.15) is 13.8 Å². The van der Waals surface area contributed by atoms with E-state index in [4.69, 9.17) is 0 Å². The summed E-state index contributed by atoms with van der Waals surface area (Å²) in [6, 6.07) is 3.57. The lowest BCUT2D eigenvalue weighted by Gasteiger charge is -2.17. The fourth-order valence-electron chi connectivity index (χ4n) is 1.29. The standard InChI is InChI=1S/C11H13Br3N2O/c1-3-15-11(17)6(2)16-10-8(13)4-7(12)5-9(10)14/h4-6,16H,3H2,1-2H3,(H,15,17). The number of hydrogen-bond donors (Lipinski definition) is 2. The molecule has 0 fully saturated rings. The normalized spacial score (nSPS) is 12.1. The van der Waals surface area contributed by atoms with Crippen LogP contribution < -0.4 is 10.6 Å². The number of hydrogen-bond acceptors (Lipinski definition) is 2. The van der Waals surface area contributed by atoms with Crippen LogP contribution in [0, 0.1) is 0 Å². The fourth-order valence-corrected chi connectivity index (χ4v) is 3.78. The van der Waals surface area contributed by atoms with Crippen LogP contribution in [0.5, 0.6) is 0 Å². The van der Waals surface area contributed by atoms with Crippen LogP contribution in [0.25, 0.3) is 0 Å². The number of rotatable bonds is 4. The Balaban J connectivity index is 2.85. The number of likely N-dealkylation sites (N-methyl/N-ethyl adjacent to an activating group) is 1. The second-order valence-corrected chi connectivity index (χ2v) is 6.13. The average molecular weight is 429 g/mol. The van der Waals surface area contributed by atoms with Crippen molar-refractivity contribution in [3.8, 4) is 0 Å². The summed E-state index contributed by atoms with van der Waals surface area (Å²) in [5, 5.41) is 5.94. The van der Waals surface area contributed by atoms with Gasteiger partial charge in [0.2, 0.25) is 5.91 Å². The quantitative estimate of drug-likeness (QED) is 0.763. The van der Waals surface area contributed by atoms with Gasteiger partial charge in [0.05, 0.1) is 5.69 Å². The van der Waals surface area contributed by atoms with Crippen LogP contribution in [0.2, 0.25) is 0 Å². The maximum absolute atomic E-state index is 11.6. The molecule has 0 aliphatic carbocycles. The van der Waals surface area contributed by atoms with E-state index in [9.17, 15) is 4.79 Å². The van der Waals surface area contributed by atoms with E-state index in [1.54, 1.807) is 0 Å². The van der Waals surface area contributed by atoms with E-state index >= 15 is 0 Å². The van der Waals surface area contributed by atoms with Gasteiger partial charge in [-0.15, -0.1) is 0 Å². The van der Waals surface area contributed by atoms with Gasteiger partial charge in [-0.05, 0) is 57.8 Å². The molecule has 0 saturated heterocycles. The molecule has 6 heteroatoms. The molecule has 1 aromatic carbocycles. The van der Waals surface area contributed by atoms with Crippen LogP contribution in [-0.4, -0.2) is 18.5 Å². The molecule has 1 atom stereocenters. The Kier molecular flexibility index (Phi) is 5.95. The molecule has 17 heavy (non-hydrogen) atoms. The van der Waals surface area contributed by atoms with Crippen molar-refractivity contribution in [2.75, 3.05) is 11.9 Å².